The molecule has 0 spiro atoms. The molecule has 104 valence electrons. The van der Waals surface area contributed by atoms with Gasteiger partial charge in [-0.1, -0.05) is 0 Å². The van der Waals surface area contributed by atoms with Crippen LogP contribution in [0.3, 0.4) is 0 Å². The predicted molar refractivity (Wildman–Crippen MR) is 58.0 cm³/mol. The van der Waals surface area contributed by atoms with E-state index >= 15 is 0 Å². The number of ether oxygens (including phenoxy) is 1. The Labute approximate surface area is 103 Å². The average Bonchev–Trinajstić information content (AvgIpc) is 2.36. The van der Waals surface area contributed by atoms with E-state index in [1.54, 1.807) is 0 Å². The van der Waals surface area contributed by atoms with Gasteiger partial charge in [-0.25, -0.2) is 4.79 Å². The van der Waals surface area contributed by atoms with Gasteiger partial charge in [0.15, 0.2) is 0 Å². The van der Waals surface area contributed by atoms with Gasteiger partial charge in [-0.2, -0.15) is 13.2 Å². The Hall–Kier alpha value is -0.820. The first-order valence-electron chi connectivity index (χ1n) is 6.00. The van der Waals surface area contributed by atoms with E-state index in [0.29, 0.717) is 6.54 Å². The first-order valence-corrected chi connectivity index (χ1v) is 6.00. The van der Waals surface area contributed by atoms with Crippen molar-refractivity contribution in [3.8, 4) is 0 Å². The standard InChI is InChI=1S/C11H17F3N2O2/c1-18-9(17)10(15-6-11(12,13)14)7-16-4-2-8(10)3-5-16/h8,15H,2-7H2,1H3. The van der Waals surface area contributed by atoms with Gasteiger partial charge in [0.1, 0.15) is 5.54 Å². The summed E-state index contributed by atoms with van der Waals surface area (Å²) in [5, 5.41) is 2.42. The average molecular weight is 266 g/mol. The Balaban J connectivity index is 2.16. The highest BCUT2D eigenvalue weighted by atomic mass is 19.4. The molecular formula is C11H17F3N2O2. The van der Waals surface area contributed by atoms with Gasteiger partial charge in [0.2, 0.25) is 0 Å². The van der Waals surface area contributed by atoms with E-state index in [2.05, 4.69) is 5.32 Å². The van der Waals surface area contributed by atoms with Crippen LogP contribution in [0.1, 0.15) is 12.8 Å². The molecule has 1 unspecified atom stereocenters. The third kappa shape index (κ3) is 2.47. The molecule has 0 aromatic carbocycles. The van der Waals surface area contributed by atoms with Crippen molar-refractivity contribution in [2.45, 2.75) is 24.6 Å². The van der Waals surface area contributed by atoms with Crippen LogP contribution in [0.5, 0.6) is 0 Å². The number of carbonyl (C=O) groups is 1. The fraction of sp³-hybridized carbons (Fsp3) is 0.909. The molecule has 0 saturated carbocycles. The summed E-state index contributed by atoms with van der Waals surface area (Å²) >= 11 is 0. The molecule has 3 saturated heterocycles. The Morgan fingerprint density at radius 2 is 2.06 bits per heavy atom. The molecule has 0 aromatic heterocycles. The van der Waals surface area contributed by atoms with Crippen LogP contribution in [0.25, 0.3) is 0 Å². The third-order valence-corrected chi connectivity index (χ3v) is 3.91. The molecule has 1 N–H and O–H groups in total. The minimum absolute atomic E-state index is 0.0719. The Morgan fingerprint density at radius 1 is 1.44 bits per heavy atom. The lowest BCUT2D eigenvalue weighted by Gasteiger charge is -2.51. The molecule has 0 aliphatic carbocycles. The van der Waals surface area contributed by atoms with Crippen molar-refractivity contribution in [3.63, 3.8) is 0 Å². The minimum atomic E-state index is -4.33. The maximum atomic E-state index is 12.4. The molecule has 0 radical (unpaired) electrons. The van der Waals surface area contributed by atoms with E-state index in [1.165, 1.54) is 7.11 Å². The normalized spacial score (nSPS) is 35.6. The van der Waals surface area contributed by atoms with Crippen molar-refractivity contribution in [2.75, 3.05) is 33.3 Å². The van der Waals surface area contributed by atoms with Crippen LogP contribution in [0.4, 0.5) is 13.2 Å². The van der Waals surface area contributed by atoms with Gasteiger partial charge in [-0.15, -0.1) is 0 Å². The van der Waals surface area contributed by atoms with Gasteiger partial charge in [-0.3, -0.25) is 5.32 Å². The summed E-state index contributed by atoms with van der Waals surface area (Å²) < 4.78 is 41.8. The van der Waals surface area contributed by atoms with Gasteiger partial charge >= 0.3 is 12.1 Å². The SMILES string of the molecule is COC(=O)C1(NCC(F)(F)F)CN2CCC1CC2. The Bertz CT molecular complexity index is 327. The summed E-state index contributed by atoms with van der Waals surface area (Å²) in [6.45, 7) is 0.834. The molecular weight excluding hydrogens is 249 g/mol. The van der Waals surface area contributed by atoms with Crippen LogP contribution < -0.4 is 5.32 Å². The number of nitrogens with zero attached hydrogens (tertiary/aromatic N) is 1. The molecule has 1 atom stereocenters. The van der Waals surface area contributed by atoms with Gasteiger partial charge in [0.05, 0.1) is 13.7 Å². The van der Waals surface area contributed by atoms with E-state index < -0.39 is 24.2 Å². The zero-order valence-corrected chi connectivity index (χ0v) is 10.2. The molecule has 4 nitrogen and oxygen atoms in total. The van der Waals surface area contributed by atoms with E-state index in [9.17, 15) is 18.0 Å². The lowest BCUT2D eigenvalue weighted by molar-refractivity contribution is -0.164. The lowest BCUT2D eigenvalue weighted by atomic mass is 9.72. The van der Waals surface area contributed by atoms with Gasteiger partial charge in [0.25, 0.3) is 0 Å². The molecule has 0 aromatic rings. The summed E-state index contributed by atoms with van der Waals surface area (Å²) in [6.07, 6.45) is -2.85. The van der Waals surface area contributed by atoms with Crippen molar-refractivity contribution < 1.29 is 22.7 Å². The van der Waals surface area contributed by atoms with Crippen molar-refractivity contribution in [3.05, 3.63) is 0 Å². The number of piperidine rings is 3. The number of carbonyl (C=O) groups excluding carboxylic acids is 1. The maximum Gasteiger partial charge on any atom is 0.401 e. The molecule has 3 aliphatic rings. The van der Waals surface area contributed by atoms with E-state index in [-0.39, 0.29) is 5.92 Å². The van der Waals surface area contributed by atoms with E-state index in [1.807, 2.05) is 4.90 Å². The summed E-state index contributed by atoms with van der Waals surface area (Å²) in [7, 11) is 1.22. The van der Waals surface area contributed by atoms with Crippen LogP contribution in [0.2, 0.25) is 0 Å². The second-order valence-electron chi connectivity index (χ2n) is 4.98. The van der Waals surface area contributed by atoms with E-state index in [0.717, 1.165) is 25.9 Å². The zero-order valence-electron chi connectivity index (χ0n) is 10.2. The number of alkyl halides is 3. The summed E-state index contributed by atoms with van der Waals surface area (Å²) in [5.74, 6) is -0.654. The molecule has 3 heterocycles. The number of rotatable bonds is 3. The highest BCUT2D eigenvalue weighted by Gasteiger charge is 2.53. The Kier molecular flexibility index (Phi) is 3.55. The molecule has 7 heteroatoms. The summed E-state index contributed by atoms with van der Waals surface area (Å²) in [4.78, 5) is 13.9. The van der Waals surface area contributed by atoms with Crippen molar-refractivity contribution in [1.29, 1.82) is 0 Å². The van der Waals surface area contributed by atoms with Gasteiger partial charge < -0.3 is 9.64 Å². The van der Waals surface area contributed by atoms with Crippen LogP contribution in [-0.4, -0.2) is 55.9 Å². The number of esters is 1. The van der Waals surface area contributed by atoms with Gasteiger partial charge in [-0.05, 0) is 31.8 Å². The molecule has 2 bridgehead atoms. The second kappa shape index (κ2) is 4.70. The number of halogens is 3. The molecule has 0 amide bonds. The number of fused-ring (bicyclic) bond motifs is 3. The van der Waals surface area contributed by atoms with Crippen molar-refractivity contribution in [2.24, 2.45) is 5.92 Å². The first kappa shape index (κ1) is 13.6. The van der Waals surface area contributed by atoms with Crippen molar-refractivity contribution >= 4 is 5.97 Å². The van der Waals surface area contributed by atoms with Crippen molar-refractivity contribution in [1.82, 2.24) is 10.2 Å². The quantitative estimate of drug-likeness (QED) is 0.766. The predicted octanol–water partition coefficient (Wildman–Crippen LogP) is 0.776. The minimum Gasteiger partial charge on any atom is -0.468 e. The highest BCUT2D eigenvalue weighted by molar-refractivity contribution is 5.82. The van der Waals surface area contributed by atoms with Crippen LogP contribution in [-0.2, 0) is 9.53 Å². The number of nitrogens with one attached hydrogen (secondary N) is 1. The third-order valence-electron chi connectivity index (χ3n) is 3.91. The summed E-state index contributed by atoms with van der Waals surface area (Å²) in [5.41, 5.74) is -1.19. The largest absolute Gasteiger partial charge is 0.468 e. The molecule has 18 heavy (non-hydrogen) atoms. The molecule has 3 aliphatic heterocycles. The fourth-order valence-electron chi connectivity index (χ4n) is 3.01. The number of hydrogen-bond donors (Lipinski definition) is 1. The highest BCUT2D eigenvalue weighted by Crippen LogP contribution is 2.37. The van der Waals surface area contributed by atoms with Crippen LogP contribution in [0.15, 0.2) is 0 Å². The van der Waals surface area contributed by atoms with E-state index in [4.69, 9.17) is 4.74 Å². The monoisotopic (exact) mass is 266 g/mol. The lowest BCUT2D eigenvalue weighted by Crippen LogP contribution is -2.70. The second-order valence-corrected chi connectivity index (χ2v) is 4.98. The Morgan fingerprint density at radius 3 is 2.44 bits per heavy atom. The maximum absolute atomic E-state index is 12.4. The smallest absolute Gasteiger partial charge is 0.401 e. The number of methoxy groups -OCH3 is 1. The number of hydrogen-bond acceptors (Lipinski definition) is 4. The zero-order chi connectivity index (χ0) is 13.4. The van der Waals surface area contributed by atoms with Crippen LogP contribution >= 0.6 is 0 Å². The van der Waals surface area contributed by atoms with Gasteiger partial charge in [0, 0.05) is 6.54 Å². The van der Waals surface area contributed by atoms with Crippen LogP contribution in [0, 0.1) is 5.92 Å². The summed E-state index contributed by atoms with van der Waals surface area (Å²) in [6, 6.07) is 0. The molecule has 3 fully saturated rings. The topological polar surface area (TPSA) is 41.6 Å². The fourth-order valence-corrected chi connectivity index (χ4v) is 3.01. The molecule has 3 rings (SSSR count). The first-order chi connectivity index (χ1) is 8.37.